The Kier molecular flexibility index (Phi) is 4.95. The van der Waals surface area contributed by atoms with Crippen LogP contribution in [-0.4, -0.2) is 33.6 Å². The molecule has 1 atom stereocenters. The summed E-state index contributed by atoms with van der Waals surface area (Å²) in [6.07, 6.45) is 3.33. The molecule has 2 heterocycles. The van der Waals surface area contributed by atoms with E-state index in [-0.39, 0.29) is 5.60 Å². The van der Waals surface area contributed by atoms with Crippen LogP contribution in [0.4, 0.5) is 20.4 Å². The topological polar surface area (TPSA) is 61.2 Å². The van der Waals surface area contributed by atoms with Gasteiger partial charge >= 0.3 is 0 Å². The van der Waals surface area contributed by atoms with E-state index in [9.17, 15) is 8.78 Å². The smallest absolute Gasteiger partial charge is 0.246 e. The fourth-order valence-corrected chi connectivity index (χ4v) is 3.11. The highest BCUT2D eigenvalue weighted by Crippen LogP contribution is 2.28. The average Bonchev–Trinajstić information content (AvgIpc) is 3.13. The fraction of sp³-hybridized carbons (Fsp3) is 0.300. The van der Waals surface area contributed by atoms with Crippen molar-refractivity contribution in [2.75, 3.05) is 18.5 Å². The molecule has 2 aromatic carbocycles. The quantitative estimate of drug-likeness (QED) is 0.711. The zero-order valence-electron chi connectivity index (χ0n) is 15.4. The van der Waals surface area contributed by atoms with Crippen molar-refractivity contribution in [3.63, 3.8) is 0 Å². The molecule has 3 aromatic rings. The lowest BCUT2D eigenvalue weighted by atomic mass is 9.99. The summed E-state index contributed by atoms with van der Waals surface area (Å²) < 4.78 is 39.5. The molecular weight excluding hydrogens is 366 g/mol. The maximum Gasteiger partial charge on any atom is 0.246 e. The first-order valence-electron chi connectivity index (χ1n) is 9.02. The Hall–Kier alpha value is -3.00. The number of aromatic nitrogens is 3. The van der Waals surface area contributed by atoms with E-state index in [2.05, 4.69) is 15.4 Å². The van der Waals surface area contributed by atoms with E-state index < -0.39 is 11.6 Å². The van der Waals surface area contributed by atoms with Gasteiger partial charge < -0.3 is 14.8 Å². The molecule has 1 saturated heterocycles. The van der Waals surface area contributed by atoms with Crippen LogP contribution in [-0.2, 0) is 4.74 Å². The number of hydrogen-bond acceptors (Lipinski definition) is 5. The SMILES string of the molecule is CC1(Oc2cccc(Nc3ncn(-c4ccc(F)c(F)c4)n3)c2)CCCOC1. The maximum atomic E-state index is 13.4. The van der Waals surface area contributed by atoms with Crippen LogP contribution >= 0.6 is 0 Å². The predicted octanol–water partition coefficient (Wildman–Crippen LogP) is 4.24. The fourth-order valence-electron chi connectivity index (χ4n) is 3.11. The third kappa shape index (κ3) is 4.12. The molecule has 0 aliphatic carbocycles. The molecule has 6 nitrogen and oxygen atoms in total. The van der Waals surface area contributed by atoms with Gasteiger partial charge in [-0.25, -0.2) is 13.5 Å². The van der Waals surface area contributed by atoms with Crippen molar-refractivity contribution in [1.82, 2.24) is 14.8 Å². The molecule has 1 unspecified atom stereocenters. The third-order valence-electron chi connectivity index (χ3n) is 4.52. The number of ether oxygens (including phenoxy) is 2. The van der Waals surface area contributed by atoms with Crippen molar-refractivity contribution in [2.24, 2.45) is 0 Å². The summed E-state index contributed by atoms with van der Waals surface area (Å²) >= 11 is 0. The van der Waals surface area contributed by atoms with Gasteiger partial charge in [0.05, 0.1) is 12.3 Å². The second-order valence-corrected chi connectivity index (χ2v) is 6.97. The Labute approximate surface area is 161 Å². The predicted molar refractivity (Wildman–Crippen MR) is 100 cm³/mol. The van der Waals surface area contributed by atoms with Crippen LogP contribution in [0.15, 0.2) is 48.8 Å². The van der Waals surface area contributed by atoms with Gasteiger partial charge in [-0.15, -0.1) is 5.10 Å². The molecule has 4 rings (SSSR count). The Morgan fingerprint density at radius 2 is 2.07 bits per heavy atom. The van der Waals surface area contributed by atoms with Gasteiger partial charge in [-0.2, -0.15) is 4.98 Å². The molecule has 1 N–H and O–H groups in total. The van der Waals surface area contributed by atoms with Crippen molar-refractivity contribution in [3.8, 4) is 11.4 Å². The molecule has 1 fully saturated rings. The Morgan fingerprint density at radius 1 is 1.18 bits per heavy atom. The Balaban J connectivity index is 1.47. The number of rotatable bonds is 5. The lowest BCUT2D eigenvalue weighted by Gasteiger charge is -2.34. The Bertz CT molecular complexity index is 970. The summed E-state index contributed by atoms with van der Waals surface area (Å²) in [5.41, 5.74) is 0.784. The first-order chi connectivity index (χ1) is 13.5. The molecule has 0 bridgehead atoms. The van der Waals surface area contributed by atoms with Crippen LogP contribution in [0.25, 0.3) is 5.69 Å². The van der Waals surface area contributed by atoms with Gasteiger partial charge in [0, 0.05) is 24.4 Å². The monoisotopic (exact) mass is 386 g/mol. The van der Waals surface area contributed by atoms with Gasteiger partial charge in [0.2, 0.25) is 5.95 Å². The number of benzene rings is 2. The molecule has 0 spiro atoms. The third-order valence-corrected chi connectivity index (χ3v) is 4.52. The average molecular weight is 386 g/mol. The molecule has 1 aliphatic rings. The number of anilines is 2. The molecule has 8 heteroatoms. The van der Waals surface area contributed by atoms with Gasteiger partial charge in [-0.1, -0.05) is 6.07 Å². The lowest BCUT2D eigenvalue weighted by molar-refractivity contribution is -0.0563. The van der Waals surface area contributed by atoms with E-state index in [1.54, 1.807) is 0 Å². The Morgan fingerprint density at radius 3 is 2.86 bits per heavy atom. The van der Waals surface area contributed by atoms with E-state index in [1.165, 1.54) is 17.1 Å². The summed E-state index contributed by atoms with van der Waals surface area (Å²) in [6.45, 7) is 3.37. The zero-order valence-corrected chi connectivity index (χ0v) is 15.4. The van der Waals surface area contributed by atoms with Crippen LogP contribution < -0.4 is 10.1 Å². The van der Waals surface area contributed by atoms with E-state index in [4.69, 9.17) is 9.47 Å². The van der Waals surface area contributed by atoms with Crippen molar-refractivity contribution in [2.45, 2.75) is 25.4 Å². The van der Waals surface area contributed by atoms with Crippen molar-refractivity contribution >= 4 is 11.6 Å². The molecule has 1 aliphatic heterocycles. The van der Waals surface area contributed by atoms with Gasteiger partial charge in [0.15, 0.2) is 11.6 Å². The van der Waals surface area contributed by atoms with Crippen molar-refractivity contribution in [1.29, 1.82) is 0 Å². The standard InChI is InChI=1S/C20H20F2N4O2/c1-20(8-3-9-27-12-20)28-16-5-2-4-14(10-16)24-19-23-13-26(25-19)15-6-7-17(21)18(22)11-15/h2,4-7,10-11,13H,3,8-9,12H2,1H3,(H,24,25). The number of nitrogens with zero attached hydrogens (tertiary/aromatic N) is 3. The van der Waals surface area contributed by atoms with E-state index in [1.807, 2.05) is 31.2 Å². The van der Waals surface area contributed by atoms with Gasteiger partial charge in [0.1, 0.15) is 17.7 Å². The summed E-state index contributed by atoms with van der Waals surface area (Å²) in [7, 11) is 0. The van der Waals surface area contributed by atoms with Crippen LogP contribution in [0.2, 0.25) is 0 Å². The highest BCUT2D eigenvalue weighted by Gasteiger charge is 2.29. The highest BCUT2D eigenvalue weighted by atomic mass is 19.2. The lowest BCUT2D eigenvalue weighted by Crippen LogP contribution is -2.41. The van der Waals surface area contributed by atoms with Crippen LogP contribution in [0.1, 0.15) is 19.8 Å². The second kappa shape index (κ2) is 7.55. The van der Waals surface area contributed by atoms with Crippen LogP contribution in [0.3, 0.4) is 0 Å². The van der Waals surface area contributed by atoms with Gasteiger partial charge in [-0.05, 0) is 44.0 Å². The zero-order chi connectivity index (χ0) is 19.6. The minimum Gasteiger partial charge on any atom is -0.485 e. The molecule has 0 amide bonds. The molecule has 28 heavy (non-hydrogen) atoms. The highest BCUT2D eigenvalue weighted by molar-refractivity contribution is 5.55. The van der Waals surface area contributed by atoms with Crippen LogP contribution in [0, 0.1) is 11.6 Å². The van der Waals surface area contributed by atoms with E-state index >= 15 is 0 Å². The van der Waals surface area contributed by atoms with E-state index in [0.717, 1.165) is 43.0 Å². The van der Waals surface area contributed by atoms with Crippen LogP contribution in [0.5, 0.6) is 5.75 Å². The largest absolute Gasteiger partial charge is 0.485 e. The number of nitrogens with one attached hydrogen (secondary N) is 1. The molecular formula is C20H20F2N4O2. The number of hydrogen-bond donors (Lipinski definition) is 1. The minimum atomic E-state index is -0.937. The second-order valence-electron chi connectivity index (χ2n) is 6.97. The van der Waals surface area contributed by atoms with Crippen molar-refractivity contribution < 1.29 is 18.3 Å². The molecule has 1 aromatic heterocycles. The van der Waals surface area contributed by atoms with E-state index in [0.29, 0.717) is 18.2 Å². The summed E-state index contributed by atoms with van der Waals surface area (Å²) in [6, 6.07) is 11.0. The normalized spacial score (nSPS) is 19.4. The minimum absolute atomic E-state index is 0.328. The molecule has 146 valence electrons. The summed E-state index contributed by atoms with van der Waals surface area (Å²) in [5.74, 6) is -0.796. The first-order valence-corrected chi connectivity index (χ1v) is 9.02. The first kappa shape index (κ1) is 18.4. The number of halogens is 2. The van der Waals surface area contributed by atoms with Gasteiger partial charge in [-0.3, -0.25) is 0 Å². The molecule has 0 radical (unpaired) electrons. The van der Waals surface area contributed by atoms with Crippen molar-refractivity contribution in [3.05, 3.63) is 60.4 Å². The van der Waals surface area contributed by atoms with Gasteiger partial charge in [0.25, 0.3) is 0 Å². The summed E-state index contributed by atoms with van der Waals surface area (Å²) in [5, 5.41) is 7.34. The summed E-state index contributed by atoms with van der Waals surface area (Å²) in [4.78, 5) is 4.16. The molecule has 0 saturated carbocycles. The maximum absolute atomic E-state index is 13.4.